The number of benzene rings is 1. The molecular weight excluding hydrogens is 214 g/mol. The largest absolute Gasteiger partial charge is 0.366 e. The second-order valence-electron chi connectivity index (χ2n) is 4.22. The molecule has 1 aromatic carbocycles. The van der Waals surface area contributed by atoms with Crippen molar-refractivity contribution in [1.29, 1.82) is 0 Å². The number of para-hydroxylation sites is 1. The fourth-order valence-electron chi connectivity index (χ4n) is 1.24. The SMILES string of the molecule is CN(C)C(=O)CC(=Nc1ccccc1)N(C)C. The molecule has 0 N–H and O–H groups in total. The number of hydrogen-bond acceptors (Lipinski definition) is 2. The zero-order chi connectivity index (χ0) is 12.8. The molecule has 1 aromatic rings. The first-order valence-electron chi connectivity index (χ1n) is 5.51. The van der Waals surface area contributed by atoms with Gasteiger partial charge < -0.3 is 9.80 Å². The van der Waals surface area contributed by atoms with Gasteiger partial charge in [-0.25, -0.2) is 4.99 Å². The molecule has 4 nitrogen and oxygen atoms in total. The van der Waals surface area contributed by atoms with Gasteiger partial charge in [0.25, 0.3) is 0 Å². The van der Waals surface area contributed by atoms with Gasteiger partial charge in [-0.1, -0.05) is 18.2 Å². The Morgan fingerprint density at radius 3 is 2.12 bits per heavy atom. The van der Waals surface area contributed by atoms with E-state index in [0.717, 1.165) is 11.5 Å². The van der Waals surface area contributed by atoms with Crippen molar-refractivity contribution in [2.45, 2.75) is 6.42 Å². The summed E-state index contributed by atoms with van der Waals surface area (Å²) in [4.78, 5) is 19.6. The molecule has 1 amide bonds. The number of amides is 1. The molecule has 4 heteroatoms. The molecule has 0 spiro atoms. The van der Waals surface area contributed by atoms with Crippen molar-refractivity contribution in [3.8, 4) is 0 Å². The maximum Gasteiger partial charge on any atom is 0.229 e. The second kappa shape index (κ2) is 6.03. The van der Waals surface area contributed by atoms with E-state index in [2.05, 4.69) is 4.99 Å². The normalized spacial score (nSPS) is 11.2. The van der Waals surface area contributed by atoms with E-state index >= 15 is 0 Å². The molecule has 92 valence electrons. The molecule has 17 heavy (non-hydrogen) atoms. The Hall–Kier alpha value is -1.84. The Labute approximate surface area is 103 Å². The van der Waals surface area contributed by atoms with E-state index in [9.17, 15) is 4.79 Å². The summed E-state index contributed by atoms with van der Waals surface area (Å²) in [5.74, 6) is 0.809. The van der Waals surface area contributed by atoms with Crippen LogP contribution in [0.2, 0.25) is 0 Å². The fourth-order valence-corrected chi connectivity index (χ4v) is 1.24. The predicted octanol–water partition coefficient (Wildman–Crippen LogP) is 1.76. The average molecular weight is 233 g/mol. The molecule has 0 bridgehead atoms. The van der Waals surface area contributed by atoms with Crippen molar-refractivity contribution >= 4 is 17.4 Å². The average Bonchev–Trinajstić information content (AvgIpc) is 2.29. The Morgan fingerprint density at radius 1 is 1.06 bits per heavy atom. The van der Waals surface area contributed by atoms with E-state index in [4.69, 9.17) is 0 Å². The van der Waals surface area contributed by atoms with Gasteiger partial charge >= 0.3 is 0 Å². The van der Waals surface area contributed by atoms with Crippen LogP contribution in [-0.2, 0) is 4.79 Å². The lowest BCUT2D eigenvalue weighted by molar-refractivity contribution is -0.127. The van der Waals surface area contributed by atoms with Gasteiger partial charge in [-0.2, -0.15) is 0 Å². The third kappa shape index (κ3) is 4.26. The molecule has 0 aliphatic heterocycles. The van der Waals surface area contributed by atoms with Gasteiger partial charge in [0.1, 0.15) is 5.84 Å². The van der Waals surface area contributed by atoms with Crippen molar-refractivity contribution < 1.29 is 4.79 Å². The number of hydrogen-bond donors (Lipinski definition) is 0. The van der Waals surface area contributed by atoms with Crippen LogP contribution in [-0.4, -0.2) is 49.7 Å². The summed E-state index contributed by atoms with van der Waals surface area (Å²) in [5.41, 5.74) is 0.864. The van der Waals surface area contributed by atoms with E-state index < -0.39 is 0 Å². The van der Waals surface area contributed by atoms with E-state index in [1.165, 1.54) is 0 Å². The van der Waals surface area contributed by atoms with Crippen LogP contribution in [0.15, 0.2) is 35.3 Å². The van der Waals surface area contributed by atoms with Gasteiger partial charge in [-0.05, 0) is 12.1 Å². The number of carbonyl (C=O) groups excluding carboxylic acids is 1. The van der Waals surface area contributed by atoms with Gasteiger partial charge in [0.2, 0.25) is 5.91 Å². The minimum atomic E-state index is 0.0494. The smallest absolute Gasteiger partial charge is 0.229 e. The van der Waals surface area contributed by atoms with E-state index in [-0.39, 0.29) is 5.91 Å². The predicted molar refractivity (Wildman–Crippen MR) is 70.5 cm³/mol. The molecule has 0 radical (unpaired) electrons. The summed E-state index contributed by atoms with van der Waals surface area (Å²) in [7, 11) is 7.28. The summed E-state index contributed by atoms with van der Waals surface area (Å²) in [6, 6.07) is 9.65. The minimum absolute atomic E-state index is 0.0494. The van der Waals surface area contributed by atoms with Gasteiger partial charge in [0, 0.05) is 28.2 Å². The molecule has 0 aliphatic rings. The molecule has 1 rings (SSSR count). The molecule has 0 aliphatic carbocycles. The minimum Gasteiger partial charge on any atom is -0.366 e. The van der Waals surface area contributed by atoms with E-state index in [1.54, 1.807) is 19.0 Å². The van der Waals surface area contributed by atoms with Crippen molar-refractivity contribution in [2.24, 2.45) is 4.99 Å². The number of carbonyl (C=O) groups is 1. The maximum absolute atomic E-state index is 11.7. The zero-order valence-corrected chi connectivity index (χ0v) is 10.8. The molecule has 0 saturated carbocycles. The number of rotatable bonds is 3. The molecule has 0 saturated heterocycles. The first kappa shape index (κ1) is 13.2. The highest BCUT2D eigenvalue weighted by atomic mass is 16.2. The van der Waals surface area contributed by atoms with Crippen molar-refractivity contribution in [1.82, 2.24) is 9.80 Å². The summed E-state index contributed by atoms with van der Waals surface area (Å²) < 4.78 is 0. The molecule has 0 atom stereocenters. The highest BCUT2D eigenvalue weighted by Gasteiger charge is 2.11. The molecular formula is C13H19N3O. The topological polar surface area (TPSA) is 35.9 Å². The molecule has 0 heterocycles. The highest BCUT2D eigenvalue weighted by molar-refractivity contribution is 6.00. The third-order valence-electron chi connectivity index (χ3n) is 2.34. The third-order valence-corrected chi connectivity index (χ3v) is 2.34. The first-order chi connectivity index (χ1) is 8.00. The van der Waals surface area contributed by atoms with E-state index in [1.807, 2.05) is 49.3 Å². The molecule has 0 fully saturated rings. The van der Waals surface area contributed by atoms with Crippen LogP contribution >= 0.6 is 0 Å². The lowest BCUT2D eigenvalue weighted by atomic mass is 10.3. The molecule has 0 aromatic heterocycles. The van der Waals surface area contributed by atoms with Crippen LogP contribution in [0.5, 0.6) is 0 Å². The van der Waals surface area contributed by atoms with Crippen LogP contribution in [0.3, 0.4) is 0 Å². The standard InChI is InChI=1S/C13H19N3O/c1-15(2)12(10-13(17)16(3)4)14-11-8-6-5-7-9-11/h5-9H,10H2,1-4H3. The Balaban J connectivity index is 2.87. The van der Waals surface area contributed by atoms with Gasteiger partial charge in [-0.3, -0.25) is 4.79 Å². The number of amidine groups is 1. The zero-order valence-electron chi connectivity index (χ0n) is 10.8. The Kier molecular flexibility index (Phi) is 4.69. The van der Waals surface area contributed by atoms with Crippen LogP contribution in [0.1, 0.15) is 6.42 Å². The van der Waals surface area contributed by atoms with Crippen LogP contribution < -0.4 is 0 Å². The highest BCUT2D eigenvalue weighted by Crippen LogP contribution is 2.12. The fraction of sp³-hybridized carbons (Fsp3) is 0.385. The van der Waals surface area contributed by atoms with Crippen molar-refractivity contribution in [2.75, 3.05) is 28.2 Å². The second-order valence-corrected chi connectivity index (χ2v) is 4.22. The van der Waals surface area contributed by atoms with Crippen molar-refractivity contribution in [3.63, 3.8) is 0 Å². The summed E-state index contributed by atoms with van der Waals surface area (Å²) >= 11 is 0. The first-order valence-corrected chi connectivity index (χ1v) is 5.51. The number of aliphatic imine (C=N–C) groups is 1. The summed E-state index contributed by atoms with van der Waals surface area (Å²) in [6.07, 6.45) is 0.314. The van der Waals surface area contributed by atoms with Gasteiger partial charge in [0.05, 0.1) is 12.1 Å². The Bertz CT molecular complexity index is 396. The number of nitrogens with zero attached hydrogens (tertiary/aromatic N) is 3. The van der Waals surface area contributed by atoms with Gasteiger partial charge in [0.15, 0.2) is 0 Å². The van der Waals surface area contributed by atoms with E-state index in [0.29, 0.717) is 6.42 Å². The summed E-state index contributed by atoms with van der Waals surface area (Å²) in [5, 5.41) is 0. The van der Waals surface area contributed by atoms with Gasteiger partial charge in [-0.15, -0.1) is 0 Å². The lowest BCUT2D eigenvalue weighted by Gasteiger charge is -2.17. The Morgan fingerprint density at radius 2 is 1.65 bits per heavy atom. The van der Waals surface area contributed by atoms with Crippen LogP contribution in [0.4, 0.5) is 5.69 Å². The lowest BCUT2D eigenvalue weighted by Crippen LogP contribution is -2.30. The van der Waals surface area contributed by atoms with Crippen LogP contribution in [0.25, 0.3) is 0 Å². The summed E-state index contributed by atoms with van der Waals surface area (Å²) in [6.45, 7) is 0. The molecule has 0 unspecified atom stereocenters. The maximum atomic E-state index is 11.7. The quantitative estimate of drug-likeness (QED) is 0.589. The monoisotopic (exact) mass is 233 g/mol. The van der Waals surface area contributed by atoms with Crippen LogP contribution in [0, 0.1) is 0 Å². The van der Waals surface area contributed by atoms with Crippen molar-refractivity contribution in [3.05, 3.63) is 30.3 Å².